The molecule has 116 valence electrons. The highest BCUT2D eigenvalue weighted by atomic mass is 16.2. The summed E-state index contributed by atoms with van der Waals surface area (Å²) < 4.78 is 7.74. The van der Waals surface area contributed by atoms with Crippen molar-refractivity contribution in [1.82, 2.24) is 10.2 Å². The number of nitrogens with zero attached hydrogens (tertiary/aromatic N) is 1. The second-order valence-corrected chi connectivity index (χ2v) is 6.05. The van der Waals surface area contributed by atoms with Crippen LogP contribution >= 0.6 is 0 Å². The molecule has 1 N–H and O–H groups in total. The summed E-state index contributed by atoms with van der Waals surface area (Å²) in [5, 5.41) is 2.61. The first-order valence-electron chi connectivity index (χ1n) is 8.39. The van der Waals surface area contributed by atoms with E-state index in [9.17, 15) is 9.59 Å². The van der Waals surface area contributed by atoms with Gasteiger partial charge in [0.05, 0.1) is 13.2 Å². The molecule has 1 aromatic carbocycles. The molecule has 0 bridgehead atoms. The Kier molecular flexibility index (Phi) is 3.91. The van der Waals surface area contributed by atoms with Crippen LogP contribution in [0.3, 0.4) is 0 Å². The van der Waals surface area contributed by atoms with E-state index in [-0.39, 0.29) is 23.7 Å². The summed E-state index contributed by atoms with van der Waals surface area (Å²) in [6.07, 6.45) is 4.86. The Morgan fingerprint density at radius 1 is 1.41 bits per heavy atom. The van der Waals surface area contributed by atoms with Gasteiger partial charge in [-0.15, -0.1) is 0 Å². The third-order valence-electron chi connectivity index (χ3n) is 4.71. The highest BCUT2D eigenvalue weighted by molar-refractivity contribution is 5.86. The number of amides is 2. The van der Waals surface area contributed by atoms with Gasteiger partial charge in [0, 0.05) is 13.1 Å². The molecule has 2 unspecified atom stereocenters. The standard InChI is InChI=1S/C18H22N2O2/c1-2-19-17(21)14-10-11-20(12-14)18(22)16-9-5-7-13-6-3-4-8-15(13)16/h2-4,6,8,14,16H,1,5,7,9-12H2,(H,19,21)/i3T. The molecule has 1 aliphatic carbocycles. The van der Waals surface area contributed by atoms with Gasteiger partial charge in [0.1, 0.15) is 0 Å². The number of nitrogens with one attached hydrogen (secondary N) is 1. The summed E-state index contributed by atoms with van der Waals surface area (Å²) in [6.45, 7) is 4.63. The van der Waals surface area contributed by atoms with Crippen LogP contribution in [0.5, 0.6) is 0 Å². The van der Waals surface area contributed by atoms with E-state index < -0.39 is 0 Å². The van der Waals surface area contributed by atoms with Crippen LogP contribution in [0.1, 0.15) is 37.7 Å². The van der Waals surface area contributed by atoms with Gasteiger partial charge in [-0.3, -0.25) is 9.59 Å². The van der Waals surface area contributed by atoms with Gasteiger partial charge in [0.15, 0.2) is 0 Å². The van der Waals surface area contributed by atoms with Crippen molar-refractivity contribution in [1.29, 1.82) is 0 Å². The molecule has 2 atom stereocenters. The molecule has 2 amide bonds. The third-order valence-corrected chi connectivity index (χ3v) is 4.71. The maximum Gasteiger partial charge on any atom is 0.230 e. The first kappa shape index (κ1) is 13.6. The number of carbonyl (C=O) groups excluding carboxylic acids is 2. The van der Waals surface area contributed by atoms with E-state index in [1.807, 2.05) is 17.0 Å². The summed E-state index contributed by atoms with van der Waals surface area (Å²) in [6, 6.07) is 6.06. The smallest absolute Gasteiger partial charge is 0.230 e. The van der Waals surface area contributed by atoms with Gasteiger partial charge in [0.2, 0.25) is 11.8 Å². The Bertz CT molecular complexity index is 644. The largest absolute Gasteiger partial charge is 0.341 e. The molecule has 2 aliphatic rings. The maximum absolute atomic E-state index is 12.9. The predicted octanol–water partition coefficient (Wildman–Crippen LogP) is 2.21. The zero-order valence-electron chi connectivity index (χ0n) is 13.7. The number of likely N-dealkylation sites (tertiary alicyclic amines) is 1. The minimum atomic E-state index is -0.143. The van der Waals surface area contributed by atoms with Crippen LogP contribution in [-0.2, 0) is 16.0 Å². The summed E-state index contributed by atoms with van der Waals surface area (Å²) in [7, 11) is 0. The van der Waals surface area contributed by atoms with Crippen molar-refractivity contribution in [2.75, 3.05) is 13.1 Å². The second kappa shape index (κ2) is 6.34. The van der Waals surface area contributed by atoms with E-state index >= 15 is 0 Å². The lowest BCUT2D eigenvalue weighted by molar-refractivity contribution is -0.132. The lowest BCUT2D eigenvalue weighted by Gasteiger charge is -2.28. The first-order valence-corrected chi connectivity index (χ1v) is 7.89. The average Bonchev–Trinajstić information content (AvgIpc) is 3.03. The molecular weight excluding hydrogens is 276 g/mol. The van der Waals surface area contributed by atoms with E-state index in [1.165, 1.54) is 6.20 Å². The Morgan fingerprint density at radius 3 is 3.09 bits per heavy atom. The van der Waals surface area contributed by atoms with Crippen molar-refractivity contribution in [3.05, 3.63) is 48.1 Å². The molecule has 22 heavy (non-hydrogen) atoms. The topological polar surface area (TPSA) is 49.4 Å². The predicted molar refractivity (Wildman–Crippen MR) is 85.1 cm³/mol. The lowest BCUT2D eigenvalue weighted by Crippen LogP contribution is -2.36. The fraction of sp³-hybridized carbons (Fsp3) is 0.444. The van der Waals surface area contributed by atoms with Crippen molar-refractivity contribution >= 4 is 11.8 Å². The van der Waals surface area contributed by atoms with Gasteiger partial charge in [-0.1, -0.05) is 30.8 Å². The third kappa shape index (κ3) is 2.78. The SMILES string of the molecule is [3H]c1ccc2c(c1)CCCC2C(=O)N1CCC(C(=O)NC=C)C1. The maximum atomic E-state index is 12.9. The molecule has 1 saturated heterocycles. The summed E-state index contributed by atoms with van der Waals surface area (Å²) in [4.78, 5) is 26.6. The van der Waals surface area contributed by atoms with Crippen LogP contribution in [0.25, 0.3) is 0 Å². The van der Waals surface area contributed by atoms with Crippen molar-refractivity contribution in [2.45, 2.75) is 31.6 Å². The van der Waals surface area contributed by atoms with Crippen LogP contribution in [0.15, 0.2) is 37.0 Å². The summed E-state index contributed by atoms with van der Waals surface area (Å²) >= 11 is 0. The fourth-order valence-corrected chi connectivity index (χ4v) is 3.56. The van der Waals surface area contributed by atoms with Gasteiger partial charge in [0.25, 0.3) is 0 Å². The molecule has 1 heterocycles. The molecule has 0 spiro atoms. The van der Waals surface area contributed by atoms with Gasteiger partial charge < -0.3 is 10.2 Å². The number of benzene rings is 1. The zero-order valence-corrected chi connectivity index (χ0v) is 12.7. The summed E-state index contributed by atoms with van der Waals surface area (Å²) in [5.41, 5.74) is 2.19. The highest BCUT2D eigenvalue weighted by Crippen LogP contribution is 2.34. The molecule has 3 rings (SSSR count). The molecule has 1 fully saturated rings. The van der Waals surface area contributed by atoms with Gasteiger partial charge in [-0.2, -0.15) is 0 Å². The molecule has 4 heteroatoms. The molecule has 0 radical (unpaired) electrons. The number of fused-ring (bicyclic) bond motifs is 1. The lowest BCUT2D eigenvalue weighted by atomic mass is 9.82. The Labute approximate surface area is 132 Å². The number of hydrogen-bond acceptors (Lipinski definition) is 2. The van der Waals surface area contributed by atoms with Crippen molar-refractivity contribution < 1.29 is 11.0 Å². The fourth-order valence-electron chi connectivity index (χ4n) is 3.56. The second-order valence-electron chi connectivity index (χ2n) is 6.05. The van der Waals surface area contributed by atoms with Gasteiger partial charge >= 0.3 is 0 Å². The van der Waals surface area contributed by atoms with E-state index in [0.29, 0.717) is 25.6 Å². The minimum absolute atomic E-state index is 0.0572. The normalized spacial score (nSPS) is 24.4. The number of carbonyl (C=O) groups is 2. The van der Waals surface area contributed by atoms with Crippen LogP contribution in [0.4, 0.5) is 0 Å². The summed E-state index contributed by atoms with van der Waals surface area (Å²) in [5.74, 6) is -0.202. The van der Waals surface area contributed by atoms with E-state index in [0.717, 1.165) is 30.4 Å². The molecule has 0 saturated carbocycles. The average molecular weight is 300 g/mol. The number of rotatable bonds is 3. The van der Waals surface area contributed by atoms with Crippen LogP contribution in [0, 0.1) is 5.92 Å². The molecule has 1 aliphatic heterocycles. The van der Waals surface area contributed by atoms with Crippen molar-refractivity contribution in [3.63, 3.8) is 0 Å². The number of aryl methyl sites for hydroxylation is 1. The highest BCUT2D eigenvalue weighted by Gasteiger charge is 2.35. The Hall–Kier alpha value is -2.10. The quantitative estimate of drug-likeness (QED) is 0.930. The molecule has 4 nitrogen and oxygen atoms in total. The van der Waals surface area contributed by atoms with E-state index in [1.54, 1.807) is 6.07 Å². The van der Waals surface area contributed by atoms with Crippen LogP contribution in [0.2, 0.25) is 0 Å². The van der Waals surface area contributed by atoms with Gasteiger partial charge in [-0.25, -0.2) is 0 Å². The van der Waals surface area contributed by atoms with E-state index in [4.69, 9.17) is 1.37 Å². The Morgan fingerprint density at radius 2 is 2.27 bits per heavy atom. The monoisotopic (exact) mass is 300 g/mol. The van der Waals surface area contributed by atoms with Crippen molar-refractivity contribution in [2.24, 2.45) is 5.92 Å². The molecule has 1 aromatic rings. The van der Waals surface area contributed by atoms with Crippen molar-refractivity contribution in [3.8, 4) is 0 Å². The number of hydrogen-bond donors (Lipinski definition) is 1. The Balaban J connectivity index is 1.73. The van der Waals surface area contributed by atoms with Gasteiger partial charge in [-0.05, 0) is 43.0 Å². The molecule has 0 aromatic heterocycles. The van der Waals surface area contributed by atoms with Crippen LogP contribution < -0.4 is 5.32 Å². The van der Waals surface area contributed by atoms with Crippen LogP contribution in [-0.4, -0.2) is 29.8 Å². The molecular formula is C18H22N2O2. The minimum Gasteiger partial charge on any atom is -0.341 e. The van der Waals surface area contributed by atoms with E-state index in [2.05, 4.69) is 11.9 Å². The zero-order chi connectivity index (χ0) is 16.4. The first-order chi connectivity index (χ1) is 11.1.